The normalized spacial score (nSPS) is 24.2. The lowest BCUT2D eigenvalue weighted by atomic mass is 10.0. The first kappa shape index (κ1) is 14.9. The molecule has 0 aliphatic carbocycles. The average molecular weight is 244 g/mol. The van der Waals surface area contributed by atoms with Gasteiger partial charge < -0.3 is 14.8 Å². The van der Waals surface area contributed by atoms with Crippen LogP contribution in [0.2, 0.25) is 0 Å². The summed E-state index contributed by atoms with van der Waals surface area (Å²) >= 11 is 0. The molecule has 0 spiro atoms. The van der Waals surface area contributed by atoms with Gasteiger partial charge in [0.1, 0.15) is 0 Å². The molecule has 0 saturated carbocycles. The predicted molar refractivity (Wildman–Crippen MR) is 70.4 cm³/mol. The molecule has 1 N–H and O–H groups in total. The molecule has 1 aliphatic heterocycles. The van der Waals surface area contributed by atoms with Crippen LogP contribution in [0.5, 0.6) is 0 Å². The van der Waals surface area contributed by atoms with Gasteiger partial charge in [0.15, 0.2) is 0 Å². The maximum Gasteiger partial charge on any atom is 0.0931 e. The molecule has 2 atom stereocenters. The van der Waals surface area contributed by atoms with E-state index in [1.54, 1.807) is 14.2 Å². The Hall–Kier alpha value is -0.160. The largest absolute Gasteiger partial charge is 0.382 e. The van der Waals surface area contributed by atoms with Gasteiger partial charge in [0.25, 0.3) is 0 Å². The molecule has 0 aromatic heterocycles. The van der Waals surface area contributed by atoms with Gasteiger partial charge in [-0.3, -0.25) is 4.90 Å². The topological polar surface area (TPSA) is 33.7 Å². The first-order valence-electron chi connectivity index (χ1n) is 6.63. The van der Waals surface area contributed by atoms with Crippen molar-refractivity contribution < 1.29 is 9.47 Å². The molecule has 1 heterocycles. The summed E-state index contributed by atoms with van der Waals surface area (Å²) in [5, 5.41) is 3.59. The highest BCUT2D eigenvalue weighted by atomic mass is 16.5. The number of piperazine rings is 1. The second-order valence-corrected chi connectivity index (χ2v) is 5.35. The summed E-state index contributed by atoms with van der Waals surface area (Å²) in [6.07, 6.45) is 1.44. The Morgan fingerprint density at radius 2 is 2.12 bits per heavy atom. The van der Waals surface area contributed by atoms with Crippen LogP contribution in [0.25, 0.3) is 0 Å². The lowest BCUT2D eigenvalue weighted by Gasteiger charge is -2.36. The second kappa shape index (κ2) is 8.03. The molecule has 17 heavy (non-hydrogen) atoms. The van der Waals surface area contributed by atoms with Crippen molar-refractivity contribution in [3.05, 3.63) is 0 Å². The number of methoxy groups -OCH3 is 2. The summed E-state index contributed by atoms with van der Waals surface area (Å²) in [5.74, 6) is 0.754. The standard InChI is InChI=1S/C13H28N2O2/c1-11(2)7-12-8-15(6-5-14-12)9-13(17-4)10-16-3/h11-14H,5-10H2,1-4H3. The smallest absolute Gasteiger partial charge is 0.0931 e. The third-order valence-electron chi connectivity index (χ3n) is 3.24. The molecule has 4 nitrogen and oxygen atoms in total. The van der Waals surface area contributed by atoms with E-state index >= 15 is 0 Å². The molecule has 1 saturated heterocycles. The monoisotopic (exact) mass is 244 g/mol. The minimum Gasteiger partial charge on any atom is -0.382 e. The highest BCUT2D eigenvalue weighted by molar-refractivity contribution is 4.80. The van der Waals surface area contributed by atoms with E-state index in [4.69, 9.17) is 9.47 Å². The Morgan fingerprint density at radius 3 is 2.71 bits per heavy atom. The highest BCUT2D eigenvalue weighted by Gasteiger charge is 2.22. The van der Waals surface area contributed by atoms with Gasteiger partial charge in [-0.15, -0.1) is 0 Å². The molecule has 1 fully saturated rings. The molecule has 2 unspecified atom stereocenters. The maximum absolute atomic E-state index is 5.42. The quantitative estimate of drug-likeness (QED) is 0.723. The van der Waals surface area contributed by atoms with Crippen LogP contribution in [0.15, 0.2) is 0 Å². The van der Waals surface area contributed by atoms with E-state index in [1.165, 1.54) is 6.42 Å². The van der Waals surface area contributed by atoms with Gasteiger partial charge in [0, 0.05) is 46.4 Å². The summed E-state index contributed by atoms with van der Waals surface area (Å²) in [4.78, 5) is 2.48. The van der Waals surface area contributed by atoms with Crippen LogP contribution in [0, 0.1) is 5.92 Å². The number of hydrogen-bond acceptors (Lipinski definition) is 4. The molecular formula is C13H28N2O2. The van der Waals surface area contributed by atoms with Crippen molar-refractivity contribution in [2.24, 2.45) is 5.92 Å². The predicted octanol–water partition coefficient (Wildman–Crippen LogP) is 0.968. The summed E-state index contributed by atoms with van der Waals surface area (Å²) < 4.78 is 10.6. The molecule has 102 valence electrons. The van der Waals surface area contributed by atoms with E-state index in [0.29, 0.717) is 12.6 Å². The Morgan fingerprint density at radius 1 is 1.35 bits per heavy atom. The molecule has 1 aliphatic rings. The van der Waals surface area contributed by atoms with Crippen molar-refractivity contribution in [1.82, 2.24) is 10.2 Å². The fourth-order valence-corrected chi connectivity index (χ4v) is 2.46. The summed E-state index contributed by atoms with van der Waals surface area (Å²) in [6.45, 7) is 9.53. The third kappa shape index (κ3) is 5.82. The highest BCUT2D eigenvalue weighted by Crippen LogP contribution is 2.10. The van der Waals surface area contributed by atoms with Crippen LogP contribution in [0.4, 0.5) is 0 Å². The van der Waals surface area contributed by atoms with Crippen molar-refractivity contribution in [3.63, 3.8) is 0 Å². The number of nitrogens with zero attached hydrogens (tertiary/aromatic N) is 1. The van der Waals surface area contributed by atoms with Gasteiger partial charge >= 0.3 is 0 Å². The minimum absolute atomic E-state index is 0.192. The van der Waals surface area contributed by atoms with Gasteiger partial charge in [0.2, 0.25) is 0 Å². The average Bonchev–Trinajstić information content (AvgIpc) is 2.28. The van der Waals surface area contributed by atoms with Gasteiger partial charge in [-0.25, -0.2) is 0 Å². The van der Waals surface area contributed by atoms with Gasteiger partial charge in [-0.1, -0.05) is 13.8 Å². The summed E-state index contributed by atoms with van der Waals surface area (Å²) in [5.41, 5.74) is 0. The first-order valence-corrected chi connectivity index (χ1v) is 6.63. The molecule has 0 aromatic rings. The van der Waals surface area contributed by atoms with Crippen LogP contribution in [0.1, 0.15) is 20.3 Å². The van der Waals surface area contributed by atoms with Gasteiger partial charge in [-0.2, -0.15) is 0 Å². The van der Waals surface area contributed by atoms with Crippen molar-refractivity contribution >= 4 is 0 Å². The van der Waals surface area contributed by atoms with Gasteiger partial charge in [0.05, 0.1) is 12.7 Å². The zero-order chi connectivity index (χ0) is 12.7. The van der Waals surface area contributed by atoms with E-state index < -0.39 is 0 Å². The van der Waals surface area contributed by atoms with E-state index in [0.717, 1.165) is 32.1 Å². The van der Waals surface area contributed by atoms with Crippen LogP contribution in [0.3, 0.4) is 0 Å². The van der Waals surface area contributed by atoms with E-state index in [9.17, 15) is 0 Å². The van der Waals surface area contributed by atoms with Crippen molar-refractivity contribution in [2.45, 2.75) is 32.4 Å². The minimum atomic E-state index is 0.192. The molecule has 0 aromatic carbocycles. The Kier molecular flexibility index (Phi) is 7.04. The Bertz CT molecular complexity index is 200. The van der Waals surface area contributed by atoms with Crippen molar-refractivity contribution in [1.29, 1.82) is 0 Å². The second-order valence-electron chi connectivity index (χ2n) is 5.35. The Balaban J connectivity index is 2.32. The molecule has 4 heteroatoms. The van der Waals surface area contributed by atoms with Gasteiger partial charge in [-0.05, 0) is 12.3 Å². The van der Waals surface area contributed by atoms with E-state index in [1.807, 2.05) is 0 Å². The maximum atomic E-state index is 5.42. The number of rotatable bonds is 7. The molecular weight excluding hydrogens is 216 g/mol. The number of hydrogen-bond donors (Lipinski definition) is 1. The fraction of sp³-hybridized carbons (Fsp3) is 1.00. The Labute approximate surface area is 106 Å². The molecule has 0 amide bonds. The van der Waals surface area contributed by atoms with Crippen LogP contribution in [-0.4, -0.2) is 64.1 Å². The van der Waals surface area contributed by atoms with Crippen LogP contribution >= 0.6 is 0 Å². The number of nitrogens with one attached hydrogen (secondary N) is 1. The van der Waals surface area contributed by atoms with Crippen LogP contribution < -0.4 is 5.32 Å². The SMILES string of the molecule is COCC(CN1CCNC(CC(C)C)C1)OC. The van der Waals surface area contributed by atoms with Crippen LogP contribution in [-0.2, 0) is 9.47 Å². The lowest BCUT2D eigenvalue weighted by molar-refractivity contribution is 0.000563. The third-order valence-corrected chi connectivity index (χ3v) is 3.24. The first-order chi connectivity index (χ1) is 8.15. The molecule has 1 rings (SSSR count). The van der Waals surface area contributed by atoms with E-state index in [2.05, 4.69) is 24.1 Å². The lowest BCUT2D eigenvalue weighted by Crippen LogP contribution is -2.53. The fourth-order valence-electron chi connectivity index (χ4n) is 2.46. The van der Waals surface area contributed by atoms with E-state index in [-0.39, 0.29) is 6.10 Å². The zero-order valence-corrected chi connectivity index (χ0v) is 11.7. The number of ether oxygens (including phenoxy) is 2. The summed E-state index contributed by atoms with van der Waals surface area (Å²) in [7, 11) is 3.49. The molecule has 0 radical (unpaired) electrons. The zero-order valence-electron chi connectivity index (χ0n) is 11.7. The summed E-state index contributed by atoms with van der Waals surface area (Å²) in [6, 6.07) is 0.629. The van der Waals surface area contributed by atoms with Crippen molar-refractivity contribution in [2.75, 3.05) is 47.0 Å². The molecule has 0 bridgehead atoms. The van der Waals surface area contributed by atoms with Crippen molar-refractivity contribution in [3.8, 4) is 0 Å².